The third-order valence-corrected chi connectivity index (χ3v) is 3.83. The van der Waals surface area contributed by atoms with E-state index in [1.165, 1.54) is 29.1 Å². The average molecular weight is 315 g/mol. The number of carbonyl (C=O) groups is 2. The lowest BCUT2D eigenvalue weighted by atomic mass is 10.2. The Morgan fingerprint density at radius 2 is 2.05 bits per heavy atom. The Labute approximate surface area is 133 Å². The number of amides is 2. The maximum absolute atomic E-state index is 11.7. The summed E-state index contributed by atoms with van der Waals surface area (Å²) in [5.74, 6) is 0.410. The Morgan fingerprint density at radius 3 is 2.77 bits per heavy atom. The van der Waals surface area contributed by atoms with Gasteiger partial charge in [-0.25, -0.2) is 0 Å². The second-order valence-electron chi connectivity index (χ2n) is 4.73. The molecule has 0 aliphatic carbocycles. The van der Waals surface area contributed by atoms with Crippen molar-refractivity contribution in [1.29, 1.82) is 0 Å². The zero-order valence-electron chi connectivity index (χ0n) is 12.2. The standard InChI is InChI=1S/C16H17N3O2S/c1-12-4-2-5-13(8-12)10-22-11-15(20)18-19-16(21)14-6-3-7-17-9-14/h2-9H,10-11H2,1H3,(H,18,20)(H,19,21). The third-order valence-electron chi connectivity index (χ3n) is 2.82. The zero-order chi connectivity index (χ0) is 15.8. The molecule has 114 valence electrons. The molecule has 6 heteroatoms. The molecule has 2 aromatic rings. The van der Waals surface area contributed by atoms with Gasteiger partial charge in [0.05, 0.1) is 11.3 Å². The lowest BCUT2D eigenvalue weighted by molar-refractivity contribution is -0.119. The van der Waals surface area contributed by atoms with Gasteiger partial charge in [0.15, 0.2) is 0 Å². The molecule has 2 rings (SSSR count). The predicted molar refractivity (Wildman–Crippen MR) is 87.2 cm³/mol. The van der Waals surface area contributed by atoms with Crippen molar-refractivity contribution in [3.05, 3.63) is 65.5 Å². The number of carbonyl (C=O) groups excluding carboxylic acids is 2. The normalized spacial score (nSPS) is 10.0. The lowest BCUT2D eigenvalue weighted by Gasteiger charge is -2.07. The number of hydrogen-bond donors (Lipinski definition) is 2. The molecule has 2 N–H and O–H groups in total. The van der Waals surface area contributed by atoms with Crippen LogP contribution in [0, 0.1) is 6.92 Å². The number of hydrazine groups is 1. The van der Waals surface area contributed by atoms with E-state index in [0.29, 0.717) is 5.56 Å². The van der Waals surface area contributed by atoms with Crippen molar-refractivity contribution in [2.24, 2.45) is 0 Å². The monoisotopic (exact) mass is 315 g/mol. The predicted octanol–water partition coefficient (Wildman–Crippen LogP) is 2.08. The molecule has 0 saturated heterocycles. The van der Waals surface area contributed by atoms with Crippen molar-refractivity contribution in [1.82, 2.24) is 15.8 Å². The number of rotatable bonds is 5. The highest BCUT2D eigenvalue weighted by molar-refractivity contribution is 7.99. The molecule has 0 unspecified atom stereocenters. The molecule has 0 aliphatic rings. The number of aromatic nitrogens is 1. The van der Waals surface area contributed by atoms with E-state index in [1.54, 1.807) is 18.3 Å². The van der Waals surface area contributed by atoms with E-state index in [0.717, 1.165) is 5.75 Å². The van der Waals surface area contributed by atoms with Gasteiger partial charge in [-0.3, -0.25) is 25.4 Å². The summed E-state index contributed by atoms with van der Waals surface area (Å²) in [4.78, 5) is 27.2. The molecule has 0 bridgehead atoms. The summed E-state index contributed by atoms with van der Waals surface area (Å²) in [6.45, 7) is 2.04. The van der Waals surface area contributed by atoms with Crippen LogP contribution in [-0.2, 0) is 10.5 Å². The van der Waals surface area contributed by atoms with Crippen molar-refractivity contribution in [2.45, 2.75) is 12.7 Å². The Hall–Kier alpha value is -2.34. The summed E-state index contributed by atoms with van der Waals surface area (Å²) in [5.41, 5.74) is 7.53. The SMILES string of the molecule is Cc1cccc(CSCC(=O)NNC(=O)c2cccnc2)c1. The van der Waals surface area contributed by atoms with E-state index in [9.17, 15) is 9.59 Å². The maximum Gasteiger partial charge on any atom is 0.271 e. The molecule has 5 nitrogen and oxygen atoms in total. The van der Waals surface area contributed by atoms with Crippen LogP contribution in [0.1, 0.15) is 21.5 Å². The Balaban J connectivity index is 1.69. The highest BCUT2D eigenvalue weighted by Gasteiger charge is 2.07. The Kier molecular flexibility index (Phi) is 5.97. The van der Waals surface area contributed by atoms with Crippen molar-refractivity contribution < 1.29 is 9.59 Å². The third kappa shape index (κ3) is 5.21. The molecule has 0 radical (unpaired) electrons. The number of hydrogen-bond acceptors (Lipinski definition) is 4. The zero-order valence-corrected chi connectivity index (χ0v) is 13.0. The van der Waals surface area contributed by atoms with Crippen LogP contribution >= 0.6 is 11.8 Å². The maximum atomic E-state index is 11.7. The largest absolute Gasteiger partial charge is 0.272 e. The van der Waals surface area contributed by atoms with Crippen molar-refractivity contribution >= 4 is 23.6 Å². The number of pyridine rings is 1. The molecule has 1 heterocycles. The Morgan fingerprint density at radius 1 is 1.18 bits per heavy atom. The molecule has 0 fully saturated rings. The van der Waals surface area contributed by atoms with Gasteiger partial charge in [-0.15, -0.1) is 11.8 Å². The van der Waals surface area contributed by atoms with Crippen LogP contribution in [0.2, 0.25) is 0 Å². The summed E-state index contributed by atoms with van der Waals surface area (Å²) in [6, 6.07) is 11.4. The van der Waals surface area contributed by atoms with Crippen molar-refractivity contribution in [3.63, 3.8) is 0 Å². The molecular formula is C16H17N3O2S. The topological polar surface area (TPSA) is 71.1 Å². The van der Waals surface area contributed by atoms with Gasteiger partial charge in [0.1, 0.15) is 0 Å². The van der Waals surface area contributed by atoms with Crippen LogP contribution in [0.15, 0.2) is 48.8 Å². The highest BCUT2D eigenvalue weighted by Crippen LogP contribution is 2.13. The van der Waals surface area contributed by atoms with Gasteiger partial charge in [0.2, 0.25) is 5.91 Å². The van der Waals surface area contributed by atoms with E-state index in [-0.39, 0.29) is 17.6 Å². The number of nitrogens with zero attached hydrogens (tertiary/aromatic N) is 1. The van der Waals surface area contributed by atoms with Crippen LogP contribution in [0.25, 0.3) is 0 Å². The average Bonchev–Trinajstić information content (AvgIpc) is 2.53. The van der Waals surface area contributed by atoms with E-state index in [2.05, 4.69) is 21.9 Å². The smallest absolute Gasteiger partial charge is 0.271 e. The molecule has 2 amide bonds. The summed E-state index contributed by atoms with van der Waals surface area (Å²) < 4.78 is 0. The van der Waals surface area contributed by atoms with E-state index in [1.807, 2.05) is 25.1 Å². The minimum absolute atomic E-state index is 0.241. The van der Waals surface area contributed by atoms with E-state index in [4.69, 9.17) is 0 Å². The Bertz CT molecular complexity index is 647. The van der Waals surface area contributed by atoms with E-state index < -0.39 is 0 Å². The second-order valence-corrected chi connectivity index (χ2v) is 5.71. The summed E-state index contributed by atoms with van der Waals surface area (Å²) in [5, 5.41) is 0. The van der Waals surface area contributed by atoms with Gasteiger partial charge in [0, 0.05) is 18.1 Å². The molecule has 1 aromatic heterocycles. The fourth-order valence-corrected chi connectivity index (χ4v) is 2.57. The van der Waals surface area contributed by atoms with Gasteiger partial charge < -0.3 is 0 Å². The quantitative estimate of drug-likeness (QED) is 0.829. The number of benzene rings is 1. The first-order valence-corrected chi connectivity index (χ1v) is 7.93. The molecule has 0 spiro atoms. The van der Waals surface area contributed by atoms with Crippen molar-refractivity contribution in [2.75, 3.05) is 5.75 Å². The van der Waals surface area contributed by atoms with Gasteiger partial charge >= 0.3 is 0 Å². The van der Waals surface area contributed by atoms with Crippen LogP contribution < -0.4 is 10.9 Å². The number of aryl methyl sites for hydroxylation is 1. The second kappa shape index (κ2) is 8.19. The van der Waals surface area contributed by atoms with Crippen LogP contribution in [0.5, 0.6) is 0 Å². The molecule has 0 aliphatic heterocycles. The number of nitrogens with one attached hydrogen (secondary N) is 2. The summed E-state index contributed by atoms with van der Waals surface area (Å²) in [6.07, 6.45) is 3.02. The fraction of sp³-hybridized carbons (Fsp3) is 0.188. The molecule has 22 heavy (non-hydrogen) atoms. The minimum Gasteiger partial charge on any atom is -0.272 e. The fourth-order valence-electron chi connectivity index (χ4n) is 1.80. The first kappa shape index (κ1) is 16.0. The first-order chi connectivity index (χ1) is 10.6. The van der Waals surface area contributed by atoms with Gasteiger partial charge in [-0.1, -0.05) is 29.8 Å². The van der Waals surface area contributed by atoms with Crippen LogP contribution in [0.4, 0.5) is 0 Å². The summed E-state index contributed by atoms with van der Waals surface area (Å²) >= 11 is 1.49. The number of thioether (sulfide) groups is 1. The van der Waals surface area contributed by atoms with Crippen LogP contribution in [0.3, 0.4) is 0 Å². The lowest BCUT2D eigenvalue weighted by Crippen LogP contribution is -2.42. The van der Waals surface area contributed by atoms with Gasteiger partial charge in [-0.2, -0.15) is 0 Å². The van der Waals surface area contributed by atoms with Gasteiger partial charge in [-0.05, 0) is 24.6 Å². The van der Waals surface area contributed by atoms with Crippen molar-refractivity contribution in [3.8, 4) is 0 Å². The molecule has 0 atom stereocenters. The highest BCUT2D eigenvalue weighted by atomic mass is 32.2. The molecule has 1 aromatic carbocycles. The molecular weight excluding hydrogens is 298 g/mol. The van der Waals surface area contributed by atoms with Gasteiger partial charge in [0.25, 0.3) is 5.91 Å². The molecule has 0 saturated carbocycles. The minimum atomic E-state index is -0.384. The first-order valence-electron chi connectivity index (χ1n) is 6.77. The van der Waals surface area contributed by atoms with E-state index >= 15 is 0 Å². The summed E-state index contributed by atoms with van der Waals surface area (Å²) in [7, 11) is 0. The van der Waals surface area contributed by atoms with Crippen LogP contribution in [-0.4, -0.2) is 22.6 Å².